The third kappa shape index (κ3) is 4.16. The number of benzene rings is 2. The lowest BCUT2D eigenvalue weighted by molar-refractivity contribution is 0.0538. The van der Waals surface area contributed by atoms with Crippen LogP contribution in [0.5, 0.6) is 0 Å². The Morgan fingerprint density at radius 2 is 2.09 bits per heavy atom. The summed E-state index contributed by atoms with van der Waals surface area (Å²) < 4.78 is 20.5. The minimum absolute atomic E-state index is 0.0493. The molecule has 0 aliphatic carbocycles. The van der Waals surface area contributed by atoms with E-state index in [1.807, 2.05) is 0 Å². The number of likely N-dealkylation sites (tertiary alicyclic amines) is 1. The van der Waals surface area contributed by atoms with Crippen LogP contribution in [0.4, 0.5) is 10.4 Å². The fraction of sp³-hybridized carbons (Fsp3) is 0.304. The van der Waals surface area contributed by atoms with E-state index in [4.69, 9.17) is 16.0 Å². The van der Waals surface area contributed by atoms with Crippen molar-refractivity contribution < 1.29 is 13.6 Å². The lowest BCUT2D eigenvalue weighted by Crippen LogP contribution is -2.51. The lowest BCUT2D eigenvalue weighted by atomic mass is 9.90. The van der Waals surface area contributed by atoms with Gasteiger partial charge in [-0.15, -0.1) is 4.80 Å². The number of halogens is 2. The van der Waals surface area contributed by atoms with Crippen LogP contribution >= 0.6 is 11.6 Å². The van der Waals surface area contributed by atoms with Crippen molar-refractivity contribution in [1.82, 2.24) is 24.9 Å². The zero-order valence-corrected chi connectivity index (χ0v) is 18.7. The number of piperidine rings is 1. The van der Waals surface area contributed by atoms with E-state index in [-0.39, 0.29) is 29.1 Å². The van der Waals surface area contributed by atoms with Crippen LogP contribution < -0.4 is 5.32 Å². The number of carbonyl (C=O) groups excluding carboxylic acids is 1. The van der Waals surface area contributed by atoms with Crippen LogP contribution in [-0.2, 0) is 0 Å². The molecule has 2 aromatic heterocycles. The van der Waals surface area contributed by atoms with Crippen molar-refractivity contribution in [3.05, 3.63) is 65.2 Å². The van der Waals surface area contributed by atoms with Crippen LogP contribution in [-0.4, -0.2) is 49.9 Å². The number of hydrogen-bond donors (Lipinski definition) is 1. The summed E-state index contributed by atoms with van der Waals surface area (Å²) in [4.78, 5) is 21.0. The van der Waals surface area contributed by atoms with Crippen LogP contribution in [0.25, 0.3) is 16.8 Å². The number of aromatic nitrogens is 4. The van der Waals surface area contributed by atoms with Gasteiger partial charge in [0.2, 0.25) is 0 Å². The Hall–Kier alpha value is -3.46. The average molecular weight is 469 g/mol. The maximum Gasteiger partial charge on any atom is 0.295 e. The number of hydrogen-bond acceptors (Lipinski definition) is 6. The van der Waals surface area contributed by atoms with E-state index in [0.717, 1.165) is 17.6 Å². The quantitative estimate of drug-likeness (QED) is 0.462. The van der Waals surface area contributed by atoms with E-state index < -0.39 is 5.82 Å². The van der Waals surface area contributed by atoms with Crippen molar-refractivity contribution in [2.24, 2.45) is 5.92 Å². The van der Waals surface area contributed by atoms with E-state index in [1.54, 1.807) is 29.2 Å². The maximum atomic E-state index is 14.7. The molecule has 170 valence electrons. The highest BCUT2D eigenvalue weighted by Gasteiger charge is 2.34. The van der Waals surface area contributed by atoms with Gasteiger partial charge in [-0.3, -0.25) is 4.79 Å². The van der Waals surface area contributed by atoms with Crippen molar-refractivity contribution in [1.29, 1.82) is 0 Å². The summed E-state index contributed by atoms with van der Waals surface area (Å²) in [6.45, 7) is 3.12. The molecule has 1 N–H and O–H groups in total. The predicted molar refractivity (Wildman–Crippen MR) is 122 cm³/mol. The molecule has 10 heteroatoms. The monoisotopic (exact) mass is 468 g/mol. The van der Waals surface area contributed by atoms with Crippen molar-refractivity contribution in [2.45, 2.75) is 25.8 Å². The van der Waals surface area contributed by atoms with E-state index in [0.29, 0.717) is 35.2 Å². The largest absolute Gasteiger partial charge is 0.424 e. The Labute approximate surface area is 194 Å². The molecule has 2 atom stereocenters. The van der Waals surface area contributed by atoms with Gasteiger partial charge in [-0.2, -0.15) is 15.2 Å². The smallest absolute Gasteiger partial charge is 0.295 e. The average Bonchev–Trinajstić information content (AvgIpc) is 3.47. The minimum atomic E-state index is -0.554. The van der Waals surface area contributed by atoms with Crippen LogP contribution in [0.3, 0.4) is 0 Å². The highest BCUT2D eigenvalue weighted by molar-refractivity contribution is 6.31. The van der Waals surface area contributed by atoms with Crippen LogP contribution in [0.1, 0.15) is 30.1 Å². The van der Waals surface area contributed by atoms with Gasteiger partial charge in [-0.05, 0) is 43.0 Å². The molecule has 2 aromatic carbocycles. The number of amides is 1. The Morgan fingerprint density at radius 1 is 1.27 bits per heavy atom. The molecular weight excluding hydrogens is 447 g/mol. The first-order valence-corrected chi connectivity index (χ1v) is 11.1. The van der Waals surface area contributed by atoms with Crippen LogP contribution in [0, 0.1) is 11.7 Å². The van der Waals surface area contributed by atoms with E-state index >= 15 is 0 Å². The molecule has 1 saturated heterocycles. The molecule has 4 aromatic rings. The van der Waals surface area contributed by atoms with Crippen molar-refractivity contribution >= 4 is 34.6 Å². The molecule has 0 spiro atoms. The SMILES string of the molecule is CC1CCCN(C(=O)c2cccc(F)c2-n2nccn2)C1CNc1nc2ccc(Cl)cc2o1. The zero-order valence-electron chi connectivity index (χ0n) is 17.9. The maximum absolute atomic E-state index is 14.7. The molecular formula is C23H22ClFN6O2. The van der Waals surface area contributed by atoms with Gasteiger partial charge < -0.3 is 14.6 Å². The van der Waals surface area contributed by atoms with Gasteiger partial charge in [0.1, 0.15) is 11.2 Å². The molecule has 5 rings (SSSR count). The molecule has 3 heterocycles. The summed E-state index contributed by atoms with van der Waals surface area (Å²) in [5.74, 6) is -0.583. The summed E-state index contributed by atoms with van der Waals surface area (Å²) in [5.41, 5.74) is 1.56. The fourth-order valence-electron chi connectivity index (χ4n) is 4.36. The number of rotatable bonds is 5. The van der Waals surface area contributed by atoms with Gasteiger partial charge in [-0.1, -0.05) is 24.6 Å². The Bertz CT molecular complexity index is 1290. The molecule has 2 unspecified atom stereocenters. The molecule has 33 heavy (non-hydrogen) atoms. The van der Waals surface area contributed by atoms with E-state index in [1.165, 1.54) is 24.5 Å². The minimum Gasteiger partial charge on any atom is -0.424 e. The van der Waals surface area contributed by atoms with Crippen LogP contribution in [0.15, 0.2) is 53.2 Å². The van der Waals surface area contributed by atoms with Crippen molar-refractivity contribution in [2.75, 3.05) is 18.4 Å². The summed E-state index contributed by atoms with van der Waals surface area (Å²) in [6, 6.07) is 9.93. The molecule has 1 aliphatic heterocycles. The normalized spacial score (nSPS) is 18.6. The third-order valence-corrected chi connectivity index (χ3v) is 6.26. The van der Waals surface area contributed by atoms with Gasteiger partial charge in [0.05, 0.1) is 24.0 Å². The molecule has 0 saturated carbocycles. The van der Waals surface area contributed by atoms with E-state index in [9.17, 15) is 9.18 Å². The van der Waals surface area contributed by atoms with E-state index in [2.05, 4.69) is 27.4 Å². The Morgan fingerprint density at radius 3 is 2.91 bits per heavy atom. The number of para-hydroxylation sites is 1. The second-order valence-electron chi connectivity index (χ2n) is 8.15. The first-order chi connectivity index (χ1) is 16.0. The Balaban J connectivity index is 1.41. The standard InChI is InChI=1S/C23H22ClFN6O2/c1-14-4-3-11-30(19(14)13-26-23-29-18-8-7-15(24)12-20(18)33-23)22(32)16-5-2-6-17(25)21(16)31-27-9-10-28-31/h2,5-10,12,14,19H,3-4,11,13H2,1H3,(H,26,29). The number of anilines is 1. The summed E-state index contributed by atoms with van der Waals surface area (Å²) in [6.07, 6.45) is 4.75. The number of carbonyl (C=O) groups is 1. The van der Waals surface area contributed by atoms with Crippen LogP contribution in [0.2, 0.25) is 5.02 Å². The van der Waals surface area contributed by atoms with Gasteiger partial charge >= 0.3 is 0 Å². The summed E-state index contributed by atoms with van der Waals surface area (Å²) in [5, 5.41) is 11.8. The molecule has 8 nitrogen and oxygen atoms in total. The molecule has 1 aliphatic rings. The molecule has 0 bridgehead atoms. The summed E-state index contributed by atoms with van der Waals surface area (Å²) >= 11 is 6.03. The van der Waals surface area contributed by atoms with Crippen molar-refractivity contribution in [3.63, 3.8) is 0 Å². The number of fused-ring (bicyclic) bond motifs is 1. The second kappa shape index (κ2) is 8.82. The number of nitrogens with zero attached hydrogens (tertiary/aromatic N) is 5. The zero-order chi connectivity index (χ0) is 22.9. The second-order valence-corrected chi connectivity index (χ2v) is 8.59. The highest BCUT2D eigenvalue weighted by atomic mass is 35.5. The number of nitrogens with one attached hydrogen (secondary N) is 1. The highest BCUT2D eigenvalue weighted by Crippen LogP contribution is 2.28. The van der Waals surface area contributed by atoms with Crippen molar-refractivity contribution in [3.8, 4) is 5.69 Å². The molecule has 1 amide bonds. The predicted octanol–water partition coefficient (Wildman–Crippen LogP) is 4.55. The van der Waals surface area contributed by atoms with Gasteiger partial charge in [-0.25, -0.2) is 4.39 Å². The molecule has 0 radical (unpaired) electrons. The lowest BCUT2D eigenvalue weighted by Gasteiger charge is -2.40. The van der Waals surface area contributed by atoms with Gasteiger partial charge in [0.15, 0.2) is 11.4 Å². The summed E-state index contributed by atoms with van der Waals surface area (Å²) in [7, 11) is 0. The Kier molecular flexibility index (Phi) is 5.72. The fourth-order valence-corrected chi connectivity index (χ4v) is 4.52. The van der Waals surface area contributed by atoms with Gasteiger partial charge in [0, 0.05) is 24.2 Å². The third-order valence-electron chi connectivity index (χ3n) is 6.03. The first-order valence-electron chi connectivity index (χ1n) is 10.8. The number of oxazole rings is 1. The topological polar surface area (TPSA) is 89.1 Å². The van der Waals surface area contributed by atoms with Gasteiger partial charge in [0.25, 0.3) is 11.9 Å². The first kappa shape index (κ1) is 21.4. The molecule has 1 fully saturated rings.